The van der Waals surface area contributed by atoms with E-state index in [2.05, 4.69) is 4.98 Å². The topological polar surface area (TPSA) is 70.8 Å². The molecule has 0 saturated carbocycles. The second kappa shape index (κ2) is 2.88. The minimum Gasteiger partial charge on any atom is -0.247 e. The molecule has 0 aliphatic heterocycles. The second-order valence-electron chi connectivity index (χ2n) is 2.12. The normalized spacial score (nSPS) is 14.7. The predicted octanol–water partition coefficient (Wildman–Crippen LogP) is 0.469. The highest BCUT2D eigenvalue weighted by molar-refractivity contribution is 7.90. The Bertz CT molecular complexity index is 316. The molecule has 1 atom stereocenters. The largest absolute Gasteiger partial charge is 0.247 e. The van der Waals surface area contributed by atoms with E-state index in [-0.39, 0.29) is 0 Å². The lowest BCUT2D eigenvalue weighted by Crippen LogP contribution is -2.12. The lowest BCUT2D eigenvalue weighted by molar-refractivity contribution is 0.587. The van der Waals surface area contributed by atoms with Crippen LogP contribution in [0.3, 0.4) is 0 Å². The fourth-order valence-electron chi connectivity index (χ4n) is 0.571. The van der Waals surface area contributed by atoms with Crippen molar-refractivity contribution in [3.63, 3.8) is 0 Å². The van der Waals surface area contributed by atoms with E-state index in [1.807, 2.05) is 0 Å². The summed E-state index contributed by atoms with van der Waals surface area (Å²) >= 11 is 1.29. The molecular weight excluding hydrogens is 184 g/mol. The van der Waals surface area contributed by atoms with Crippen LogP contribution in [0, 0.1) is 0 Å². The van der Waals surface area contributed by atoms with E-state index in [1.165, 1.54) is 16.8 Å². The summed E-state index contributed by atoms with van der Waals surface area (Å²) in [5.74, 6) is 0. The van der Waals surface area contributed by atoms with Crippen molar-refractivity contribution in [1.82, 2.24) is 10.7 Å². The zero-order valence-electron chi connectivity index (χ0n) is 5.81. The zero-order valence-corrected chi connectivity index (χ0v) is 7.45. The molecule has 6 heteroatoms. The molecular formula is C5H7N2O2S2. The van der Waals surface area contributed by atoms with Crippen LogP contribution < -0.4 is 5.73 Å². The molecule has 1 heterocycles. The van der Waals surface area contributed by atoms with Crippen molar-refractivity contribution in [3.05, 3.63) is 16.6 Å². The SMILES string of the molecule is CS(=O)(=O)C([NH])c1cscn1. The smallest absolute Gasteiger partial charge is 0.170 e. The molecule has 61 valence electrons. The molecule has 1 N–H and O–H groups in total. The highest BCUT2D eigenvalue weighted by Crippen LogP contribution is 2.16. The quantitative estimate of drug-likeness (QED) is 0.682. The van der Waals surface area contributed by atoms with Gasteiger partial charge >= 0.3 is 0 Å². The minimum absolute atomic E-state index is 0.303. The van der Waals surface area contributed by atoms with E-state index >= 15 is 0 Å². The number of nitrogens with zero attached hydrogens (tertiary/aromatic N) is 1. The van der Waals surface area contributed by atoms with Crippen molar-refractivity contribution in [2.24, 2.45) is 0 Å². The maximum atomic E-state index is 10.8. The number of nitrogens with one attached hydrogen (secondary N) is 1. The van der Waals surface area contributed by atoms with Gasteiger partial charge in [0.05, 0.1) is 11.2 Å². The second-order valence-corrected chi connectivity index (χ2v) is 4.97. The predicted molar refractivity (Wildman–Crippen MR) is 42.8 cm³/mol. The van der Waals surface area contributed by atoms with E-state index in [1.54, 1.807) is 5.38 Å². The Morgan fingerprint density at radius 2 is 2.36 bits per heavy atom. The first-order valence-corrected chi connectivity index (χ1v) is 5.69. The summed E-state index contributed by atoms with van der Waals surface area (Å²) in [6, 6.07) is 0. The third kappa shape index (κ3) is 1.98. The molecule has 0 aromatic carbocycles. The standard InChI is InChI=1S/C5H7N2O2S2/c1-11(8,9)5(6)4-2-10-3-7-4/h2-3,5-6H,1H3. The third-order valence-corrected chi connectivity index (χ3v) is 2.85. The fraction of sp³-hybridized carbons (Fsp3) is 0.400. The number of sulfone groups is 1. The van der Waals surface area contributed by atoms with Crippen molar-refractivity contribution < 1.29 is 8.42 Å². The molecule has 1 radical (unpaired) electrons. The summed E-state index contributed by atoms with van der Waals surface area (Å²) in [7, 11) is -3.31. The van der Waals surface area contributed by atoms with Gasteiger partial charge in [-0.25, -0.2) is 19.1 Å². The van der Waals surface area contributed by atoms with Crippen molar-refractivity contribution in [2.45, 2.75) is 5.37 Å². The highest BCUT2D eigenvalue weighted by Gasteiger charge is 2.19. The van der Waals surface area contributed by atoms with Gasteiger partial charge in [-0.15, -0.1) is 11.3 Å². The number of hydrogen-bond donors (Lipinski definition) is 0. The lowest BCUT2D eigenvalue weighted by Gasteiger charge is -2.02. The van der Waals surface area contributed by atoms with Crippen molar-refractivity contribution in [3.8, 4) is 0 Å². The van der Waals surface area contributed by atoms with Crippen LogP contribution in [0.4, 0.5) is 0 Å². The van der Waals surface area contributed by atoms with Crippen molar-refractivity contribution >= 4 is 21.2 Å². The van der Waals surface area contributed by atoms with Crippen LogP contribution in [0.5, 0.6) is 0 Å². The van der Waals surface area contributed by atoms with Gasteiger partial charge in [0.2, 0.25) is 0 Å². The summed E-state index contributed by atoms with van der Waals surface area (Å²) in [5, 5.41) is 0.340. The molecule has 0 fully saturated rings. The first-order valence-electron chi connectivity index (χ1n) is 2.80. The summed E-state index contributed by atoms with van der Waals surface area (Å²) in [4.78, 5) is 3.73. The minimum atomic E-state index is -3.31. The molecule has 0 bridgehead atoms. The summed E-state index contributed by atoms with van der Waals surface area (Å²) in [6.45, 7) is 0. The summed E-state index contributed by atoms with van der Waals surface area (Å²) in [6.07, 6.45) is 1.03. The van der Waals surface area contributed by atoms with Crippen LogP contribution >= 0.6 is 11.3 Å². The maximum absolute atomic E-state index is 10.8. The number of thiazole rings is 1. The Morgan fingerprint density at radius 3 is 2.73 bits per heavy atom. The van der Waals surface area contributed by atoms with Gasteiger partial charge < -0.3 is 0 Å². The van der Waals surface area contributed by atoms with Crippen LogP contribution in [0.25, 0.3) is 0 Å². The van der Waals surface area contributed by atoms with Crippen LogP contribution in [-0.4, -0.2) is 19.7 Å². The Kier molecular flexibility index (Phi) is 2.26. The number of aromatic nitrogens is 1. The van der Waals surface area contributed by atoms with Gasteiger partial charge in [-0.2, -0.15) is 0 Å². The van der Waals surface area contributed by atoms with Crippen LogP contribution in [-0.2, 0) is 9.84 Å². The highest BCUT2D eigenvalue weighted by atomic mass is 32.2. The first kappa shape index (κ1) is 8.63. The maximum Gasteiger partial charge on any atom is 0.170 e. The molecule has 1 aromatic heterocycles. The molecule has 1 rings (SSSR count). The van der Waals surface area contributed by atoms with E-state index in [4.69, 9.17) is 5.73 Å². The Hall–Kier alpha value is -0.460. The van der Waals surface area contributed by atoms with Gasteiger partial charge in [-0.3, -0.25) is 0 Å². The molecule has 11 heavy (non-hydrogen) atoms. The fourth-order valence-corrected chi connectivity index (χ4v) is 1.80. The molecule has 1 unspecified atom stereocenters. The molecule has 4 nitrogen and oxygen atoms in total. The van der Waals surface area contributed by atoms with Crippen molar-refractivity contribution in [2.75, 3.05) is 6.26 Å². The van der Waals surface area contributed by atoms with Crippen LogP contribution in [0.2, 0.25) is 0 Å². The molecule has 0 spiro atoms. The Morgan fingerprint density at radius 1 is 1.73 bits per heavy atom. The van der Waals surface area contributed by atoms with E-state index in [0.29, 0.717) is 5.69 Å². The molecule has 0 saturated heterocycles. The number of hydrogen-bond acceptors (Lipinski definition) is 4. The van der Waals surface area contributed by atoms with Gasteiger partial charge in [0, 0.05) is 11.6 Å². The van der Waals surface area contributed by atoms with E-state index in [0.717, 1.165) is 6.26 Å². The Balaban J connectivity index is 2.97. The van der Waals surface area contributed by atoms with Crippen molar-refractivity contribution in [1.29, 1.82) is 0 Å². The third-order valence-electron chi connectivity index (χ3n) is 1.15. The van der Waals surface area contributed by atoms with Gasteiger partial charge in [-0.05, 0) is 0 Å². The molecule has 1 aromatic rings. The first-order chi connectivity index (χ1) is 5.02. The van der Waals surface area contributed by atoms with Gasteiger partial charge in [0.25, 0.3) is 0 Å². The van der Waals surface area contributed by atoms with Gasteiger partial charge in [0.1, 0.15) is 0 Å². The average Bonchev–Trinajstić information content (AvgIpc) is 2.34. The molecule has 0 aliphatic rings. The zero-order chi connectivity index (χ0) is 8.48. The summed E-state index contributed by atoms with van der Waals surface area (Å²) < 4.78 is 21.6. The Labute approximate surface area is 69.0 Å². The monoisotopic (exact) mass is 191 g/mol. The number of rotatable bonds is 2. The van der Waals surface area contributed by atoms with Crippen LogP contribution in [0.1, 0.15) is 11.1 Å². The van der Waals surface area contributed by atoms with Crippen LogP contribution in [0.15, 0.2) is 10.9 Å². The van der Waals surface area contributed by atoms with E-state index < -0.39 is 15.2 Å². The van der Waals surface area contributed by atoms with Gasteiger partial charge in [-0.1, -0.05) is 0 Å². The van der Waals surface area contributed by atoms with E-state index in [9.17, 15) is 8.42 Å². The summed E-state index contributed by atoms with van der Waals surface area (Å²) in [5.41, 5.74) is 9.06. The lowest BCUT2D eigenvalue weighted by atomic mass is 10.5. The molecule has 0 aliphatic carbocycles. The van der Waals surface area contributed by atoms with Gasteiger partial charge in [0.15, 0.2) is 15.2 Å². The molecule has 0 amide bonds. The average molecular weight is 191 g/mol.